The predicted molar refractivity (Wildman–Crippen MR) is 70.4 cm³/mol. The van der Waals surface area contributed by atoms with Crippen LogP contribution in [0, 0.1) is 0 Å². The Hall–Kier alpha value is -1.27. The van der Waals surface area contributed by atoms with E-state index in [9.17, 15) is 0 Å². The van der Waals surface area contributed by atoms with E-state index in [4.69, 9.17) is 4.52 Å². The number of aryl methyl sites for hydroxylation is 2. The number of nitrogens with one attached hydrogen (secondary N) is 1. The molecule has 0 aromatic carbocycles. The van der Waals surface area contributed by atoms with E-state index in [1.165, 1.54) is 5.01 Å². The van der Waals surface area contributed by atoms with Crippen LogP contribution in [0.25, 0.3) is 0 Å². The predicted octanol–water partition coefficient (Wildman–Crippen LogP) is 2.50. The van der Waals surface area contributed by atoms with Crippen molar-refractivity contribution in [1.29, 1.82) is 0 Å². The van der Waals surface area contributed by atoms with E-state index in [1.807, 2.05) is 6.92 Å². The molecule has 0 aliphatic heterocycles. The van der Waals surface area contributed by atoms with Crippen LogP contribution >= 0.6 is 11.3 Å². The molecule has 2 aromatic heterocycles. The minimum absolute atomic E-state index is 0.199. The molecule has 2 aromatic rings. The standard InChI is InChI=1S/C12H18N4OS/c1-4-11-15-10(16-17-11)6-13-8(3)9-7-18-12(5-2)14-9/h7-8,13H,4-6H2,1-3H3/t8-/m0/s1. The van der Waals surface area contributed by atoms with E-state index < -0.39 is 0 Å². The SMILES string of the molecule is CCc1nc(CN[C@@H](C)c2csc(CC)n2)no1. The summed E-state index contributed by atoms with van der Waals surface area (Å²) >= 11 is 1.71. The Balaban J connectivity index is 1.89. The molecule has 2 rings (SSSR count). The molecular formula is C12H18N4OS. The minimum Gasteiger partial charge on any atom is -0.339 e. The van der Waals surface area contributed by atoms with Crippen LogP contribution in [0.4, 0.5) is 0 Å². The summed E-state index contributed by atoms with van der Waals surface area (Å²) in [6.07, 6.45) is 1.76. The van der Waals surface area contributed by atoms with Crippen molar-refractivity contribution in [3.05, 3.63) is 27.8 Å². The topological polar surface area (TPSA) is 63.8 Å². The number of thiazole rings is 1. The van der Waals surface area contributed by atoms with Gasteiger partial charge in [0.15, 0.2) is 5.82 Å². The maximum atomic E-state index is 5.06. The molecule has 0 bridgehead atoms. The monoisotopic (exact) mass is 266 g/mol. The van der Waals surface area contributed by atoms with Crippen LogP contribution < -0.4 is 5.32 Å². The molecule has 2 heterocycles. The zero-order chi connectivity index (χ0) is 13.0. The first-order chi connectivity index (χ1) is 8.72. The van der Waals surface area contributed by atoms with Gasteiger partial charge in [-0.15, -0.1) is 11.3 Å². The number of aromatic nitrogens is 3. The summed E-state index contributed by atoms with van der Waals surface area (Å²) in [5, 5.41) is 10.5. The van der Waals surface area contributed by atoms with Crippen molar-refractivity contribution in [3.63, 3.8) is 0 Å². The Labute approximate surface area is 111 Å². The Morgan fingerprint density at radius 2 is 2.17 bits per heavy atom. The van der Waals surface area contributed by atoms with E-state index in [2.05, 4.69) is 39.7 Å². The Bertz CT molecular complexity index is 494. The summed E-state index contributed by atoms with van der Waals surface area (Å²) in [5.74, 6) is 1.38. The van der Waals surface area contributed by atoms with Gasteiger partial charge in [-0.25, -0.2) is 4.98 Å². The lowest BCUT2D eigenvalue weighted by atomic mass is 10.2. The smallest absolute Gasteiger partial charge is 0.226 e. The summed E-state index contributed by atoms with van der Waals surface area (Å²) in [5.41, 5.74) is 1.08. The maximum absolute atomic E-state index is 5.06. The Kier molecular flexibility index (Phi) is 4.43. The highest BCUT2D eigenvalue weighted by molar-refractivity contribution is 7.09. The van der Waals surface area contributed by atoms with Gasteiger partial charge < -0.3 is 9.84 Å². The normalized spacial score (nSPS) is 12.8. The summed E-state index contributed by atoms with van der Waals surface area (Å²) in [7, 11) is 0. The zero-order valence-corrected chi connectivity index (χ0v) is 11.8. The highest BCUT2D eigenvalue weighted by atomic mass is 32.1. The van der Waals surface area contributed by atoms with Crippen LogP contribution in [0.1, 0.15) is 49.2 Å². The average Bonchev–Trinajstić information content (AvgIpc) is 3.04. The molecule has 6 heteroatoms. The van der Waals surface area contributed by atoms with Gasteiger partial charge in [0.2, 0.25) is 5.89 Å². The molecule has 5 nitrogen and oxygen atoms in total. The van der Waals surface area contributed by atoms with E-state index in [0.29, 0.717) is 18.3 Å². The summed E-state index contributed by atoms with van der Waals surface area (Å²) in [6.45, 7) is 6.81. The lowest BCUT2D eigenvalue weighted by Crippen LogP contribution is -2.19. The highest BCUT2D eigenvalue weighted by Gasteiger charge is 2.11. The molecule has 0 saturated heterocycles. The van der Waals surface area contributed by atoms with Gasteiger partial charge in [0.05, 0.1) is 17.2 Å². The van der Waals surface area contributed by atoms with Gasteiger partial charge >= 0.3 is 0 Å². The van der Waals surface area contributed by atoms with Crippen molar-refractivity contribution >= 4 is 11.3 Å². The van der Waals surface area contributed by atoms with Crippen LogP contribution in [-0.2, 0) is 19.4 Å². The molecular weight excluding hydrogens is 248 g/mol. The Morgan fingerprint density at radius 1 is 1.33 bits per heavy atom. The van der Waals surface area contributed by atoms with Gasteiger partial charge in [-0.3, -0.25) is 0 Å². The summed E-state index contributed by atoms with van der Waals surface area (Å²) in [6, 6.07) is 0.199. The molecule has 0 amide bonds. The first-order valence-corrected chi connectivity index (χ1v) is 7.10. The van der Waals surface area contributed by atoms with Gasteiger partial charge in [-0.05, 0) is 13.3 Å². The highest BCUT2D eigenvalue weighted by Crippen LogP contribution is 2.17. The van der Waals surface area contributed by atoms with Crippen LogP contribution in [0.3, 0.4) is 0 Å². The third kappa shape index (κ3) is 3.14. The molecule has 1 atom stereocenters. The lowest BCUT2D eigenvalue weighted by molar-refractivity contribution is 0.373. The maximum Gasteiger partial charge on any atom is 0.226 e. The second-order valence-corrected chi connectivity index (χ2v) is 5.02. The molecule has 0 unspecified atom stereocenters. The van der Waals surface area contributed by atoms with Crippen molar-refractivity contribution in [2.75, 3.05) is 0 Å². The molecule has 0 aliphatic carbocycles. The summed E-state index contributed by atoms with van der Waals surface area (Å²) in [4.78, 5) is 8.81. The molecule has 0 fully saturated rings. The number of hydrogen-bond acceptors (Lipinski definition) is 6. The largest absolute Gasteiger partial charge is 0.339 e. The van der Waals surface area contributed by atoms with Crippen molar-refractivity contribution in [3.8, 4) is 0 Å². The molecule has 0 saturated carbocycles. The molecule has 18 heavy (non-hydrogen) atoms. The van der Waals surface area contributed by atoms with Gasteiger partial charge in [-0.2, -0.15) is 4.98 Å². The second kappa shape index (κ2) is 6.06. The summed E-state index contributed by atoms with van der Waals surface area (Å²) < 4.78 is 5.06. The molecule has 1 N–H and O–H groups in total. The van der Waals surface area contributed by atoms with Gasteiger partial charge in [0.1, 0.15) is 0 Å². The first-order valence-electron chi connectivity index (χ1n) is 6.22. The fourth-order valence-corrected chi connectivity index (χ4v) is 2.38. The quantitative estimate of drug-likeness (QED) is 0.870. The van der Waals surface area contributed by atoms with E-state index in [0.717, 1.165) is 18.5 Å². The van der Waals surface area contributed by atoms with Crippen LogP contribution in [0.15, 0.2) is 9.90 Å². The first kappa shape index (κ1) is 13.2. The zero-order valence-electron chi connectivity index (χ0n) is 10.9. The van der Waals surface area contributed by atoms with Crippen molar-refractivity contribution in [2.45, 2.75) is 46.2 Å². The fraction of sp³-hybridized carbons (Fsp3) is 0.583. The number of rotatable bonds is 6. The van der Waals surface area contributed by atoms with Crippen LogP contribution in [0.5, 0.6) is 0 Å². The molecule has 98 valence electrons. The fourth-order valence-electron chi connectivity index (χ4n) is 1.54. The van der Waals surface area contributed by atoms with Gasteiger partial charge in [-0.1, -0.05) is 19.0 Å². The van der Waals surface area contributed by atoms with Gasteiger partial charge in [0, 0.05) is 17.8 Å². The molecule has 0 spiro atoms. The van der Waals surface area contributed by atoms with E-state index in [1.54, 1.807) is 11.3 Å². The van der Waals surface area contributed by atoms with Crippen molar-refractivity contribution in [2.24, 2.45) is 0 Å². The van der Waals surface area contributed by atoms with E-state index >= 15 is 0 Å². The van der Waals surface area contributed by atoms with Gasteiger partial charge in [0.25, 0.3) is 0 Å². The van der Waals surface area contributed by atoms with Crippen molar-refractivity contribution < 1.29 is 4.52 Å². The number of hydrogen-bond donors (Lipinski definition) is 1. The third-order valence-corrected chi connectivity index (χ3v) is 3.71. The van der Waals surface area contributed by atoms with Crippen LogP contribution in [0.2, 0.25) is 0 Å². The lowest BCUT2D eigenvalue weighted by Gasteiger charge is -2.08. The molecule has 0 radical (unpaired) electrons. The minimum atomic E-state index is 0.199. The number of nitrogens with zero attached hydrogens (tertiary/aromatic N) is 3. The van der Waals surface area contributed by atoms with Crippen LogP contribution in [-0.4, -0.2) is 15.1 Å². The Morgan fingerprint density at radius 3 is 2.78 bits per heavy atom. The average molecular weight is 266 g/mol. The third-order valence-electron chi connectivity index (χ3n) is 2.69. The second-order valence-electron chi connectivity index (χ2n) is 4.08. The molecule has 0 aliphatic rings. The van der Waals surface area contributed by atoms with E-state index in [-0.39, 0.29) is 6.04 Å². The van der Waals surface area contributed by atoms with Crippen molar-refractivity contribution in [1.82, 2.24) is 20.4 Å².